The van der Waals surface area contributed by atoms with Crippen molar-refractivity contribution in [1.82, 2.24) is 5.32 Å². The van der Waals surface area contributed by atoms with Crippen LogP contribution in [-0.2, 0) is 4.79 Å². The van der Waals surface area contributed by atoms with E-state index in [-0.39, 0.29) is 5.91 Å². The summed E-state index contributed by atoms with van der Waals surface area (Å²) in [6, 6.07) is 4.86. The van der Waals surface area contributed by atoms with Gasteiger partial charge in [-0.3, -0.25) is 9.59 Å². The van der Waals surface area contributed by atoms with Gasteiger partial charge in [-0.25, -0.2) is 0 Å². The lowest BCUT2D eigenvalue weighted by molar-refractivity contribution is -0.120. The fraction of sp³-hybridized carbons (Fsp3) is 0.375. The highest BCUT2D eigenvalue weighted by Crippen LogP contribution is 2.10. The van der Waals surface area contributed by atoms with Gasteiger partial charge in [-0.1, -0.05) is 17.2 Å². The Hall–Kier alpha value is -2.28. The Balaban J connectivity index is 2.75. The van der Waals surface area contributed by atoms with Crippen LogP contribution >= 0.6 is 0 Å². The van der Waals surface area contributed by atoms with Crippen molar-refractivity contribution >= 4 is 11.8 Å². The van der Waals surface area contributed by atoms with E-state index in [0.717, 1.165) is 11.1 Å². The monoisotopic (exact) mass is 272 g/mol. The smallest absolute Gasteiger partial charge is 0.251 e. The number of unbranched alkanes of at least 4 members (excludes halogenated alkanes) is 1. The first-order valence-corrected chi connectivity index (χ1v) is 6.56. The highest BCUT2D eigenvalue weighted by Gasteiger charge is 2.18. The molecule has 2 amide bonds. The van der Waals surface area contributed by atoms with Crippen molar-refractivity contribution in [2.75, 3.05) is 0 Å². The first kappa shape index (κ1) is 15.8. The summed E-state index contributed by atoms with van der Waals surface area (Å²) in [7, 11) is 0. The van der Waals surface area contributed by atoms with Gasteiger partial charge in [0, 0.05) is 12.0 Å². The highest BCUT2D eigenvalue weighted by atomic mass is 16.2. The van der Waals surface area contributed by atoms with Crippen molar-refractivity contribution in [2.24, 2.45) is 5.73 Å². The molecular weight excluding hydrogens is 252 g/mol. The Labute approximate surface area is 119 Å². The first-order valence-electron chi connectivity index (χ1n) is 6.56. The number of hydrogen-bond acceptors (Lipinski definition) is 2. The predicted octanol–water partition coefficient (Wildman–Crippen LogP) is 1.69. The molecule has 3 N–H and O–H groups in total. The van der Waals surface area contributed by atoms with E-state index in [1.54, 1.807) is 12.1 Å². The van der Waals surface area contributed by atoms with Gasteiger partial charge in [-0.2, -0.15) is 0 Å². The number of benzene rings is 1. The van der Waals surface area contributed by atoms with Crippen LogP contribution in [0.15, 0.2) is 18.2 Å². The zero-order valence-corrected chi connectivity index (χ0v) is 11.9. The molecule has 106 valence electrons. The third-order valence-electron chi connectivity index (χ3n) is 2.95. The standard InChI is InChI=1S/C16H20N2O2/c1-4-5-6-7-14(15(17)19)18-16(20)13-9-11(2)8-12(3)10-13/h1,8-10,14H,5-7H2,2-3H3,(H2,17,19)(H,18,20)/t14-/m1/s1. The molecule has 1 atom stereocenters. The van der Waals surface area contributed by atoms with Crippen LogP contribution in [0.5, 0.6) is 0 Å². The zero-order valence-electron chi connectivity index (χ0n) is 11.9. The molecule has 0 spiro atoms. The van der Waals surface area contributed by atoms with Crippen LogP contribution < -0.4 is 11.1 Å². The lowest BCUT2D eigenvalue weighted by Gasteiger charge is -2.15. The van der Waals surface area contributed by atoms with Crippen LogP contribution in [0.4, 0.5) is 0 Å². The van der Waals surface area contributed by atoms with E-state index < -0.39 is 11.9 Å². The minimum atomic E-state index is -0.684. The number of primary amides is 1. The second-order valence-electron chi connectivity index (χ2n) is 4.90. The summed E-state index contributed by atoms with van der Waals surface area (Å²) in [5.41, 5.74) is 7.83. The lowest BCUT2D eigenvalue weighted by Crippen LogP contribution is -2.44. The molecule has 0 heterocycles. The molecule has 0 aliphatic heterocycles. The number of nitrogens with two attached hydrogens (primary N) is 1. The third kappa shape index (κ3) is 4.77. The Morgan fingerprint density at radius 2 is 1.90 bits per heavy atom. The van der Waals surface area contributed by atoms with E-state index >= 15 is 0 Å². The molecule has 0 saturated carbocycles. The number of terminal acetylenes is 1. The van der Waals surface area contributed by atoms with Gasteiger partial charge in [0.2, 0.25) is 5.91 Å². The van der Waals surface area contributed by atoms with E-state index in [9.17, 15) is 9.59 Å². The van der Waals surface area contributed by atoms with E-state index in [2.05, 4.69) is 11.2 Å². The number of aryl methyl sites for hydroxylation is 2. The highest BCUT2D eigenvalue weighted by molar-refractivity contribution is 5.97. The molecule has 0 aliphatic carbocycles. The van der Waals surface area contributed by atoms with E-state index in [1.807, 2.05) is 19.9 Å². The van der Waals surface area contributed by atoms with Gasteiger partial charge in [0.25, 0.3) is 5.91 Å². The molecule has 0 unspecified atom stereocenters. The Bertz CT molecular complexity index is 524. The van der Waals surface area contributed by atoms with Crippen molar-refractivity contribution in [2.45, 2.75) is 39.2 Å². The van der Waals surface area contributed by atoms with Crippen molar-refractivity contribution in [3.63, 3.8) is 0 Å². The van der Waals surface area contributed by atoms with E-state index in [1.165, 1.54) is 0 Å². The van der Waals surface area contributed by atoms with Gasteiger partial charge >= 0.3 is 0 Å². The number of nitrogens with one attached hydrogen (secondary N) is 1. The van der Waals surface area contributed by atoms with Gasteiger partial charge < -0.3 is 11.1 Å². The number of carbonyl (C=O) groups excluding carboxylic acids is 2. The molecule has 0 aromatic heterocycles. The maximum absolute atomic E-state index is 12.1. The first-order chi connectivity index (χ1) is 9.43. The SMILES string of the molecule is C#CCCC[C@@H](NC(=O)c1cc(C)cc(C)c1)C(N)=O. The van der Waals surface area contributed by atoms with Crippen LogP contribution in [0.25, 0.3) is 0 Å². The number of carbonyl (C=O) groups is 2. The molecule has 0 saturated heterocycles. The van der Waals surface area contributed by atoms with E-state index in [4.69, 9.17) is 12.2 Å². The normalized spacial score (nSPS) is 11.4. The van der Waals surface area contributed by atoms with Gasteiger partial charge in [0.15, 0.2) is 0 Å². The van der Waals surface area contributed by atoms with Crippen molar-refractivity contribution in [3.8, 4) is 12.3 Å². The molecule has 1 aromatic carbocycles. The summed E-state index contributed by atoms with van der Waals surface area (Å²) in [5.74, 6) is 1.66. The fourth-order valence-corrected chi connectivity index (χ4v) is 2.04. The van der Waals surface area contributed by atoms with Gasteiger partial charge in [0.1, 0.15) is 6.04 Å². The molecular formula is C16H20N2O2. The quantitative estimate of drug-likeness (QED) is 0.611. The average molecular weight is 272 g/mol. The minimum absolute atomic E-state index is 0.290. The molecule has 0 fully saturated rings. The van der Waals surface area contributed by atoms with Gasteiger partial charge in [-0.05, 0) is 38.8 Å². The van der Waals surface area contributed by atoms with Crippen LogP contribution in [-0.4, -0.2) is 17.9 Å². The van der Waals surface area contributed by atoms with Gasteiger partial charge in [0.05, 0.1) is 0 Å². The maximum atomic E-state index is 12.1. The maximum Gasteiger partial charge on any atom is 0.251 e. The summed E-state index contributed by atoms with van der Waals surface area (Å²) in [6.07, 6.45) is 6.83. The zero-order chi connectivity index (χ0) is 15.1. The summed E-state index contributed by atoms with van der Waals surface area (Å²) >= 11 is 0. The Morgan fingerprint density at radius 1 is 1.30 bits per heavy atom. The minimum Gasteiger partial charge on any atom is -0.368 e. The van der Waals surface area contributed by atoms with E-state index in [0.29, 0.717) is 24.8 Å². The predicted molar refractivity (Wildman–Crippen MR) is 79.0 cm³/mol. The summed E-state index contributed by atoms with van der Waals surface area (Å²) in [6.45, 7) is 3.84. The van der Waals surface area contributed by atoms with Crippen LogP contribution in [0, 0.1) is 26.2 Å². The molecule has 0 radical (unpaired) electrons. The Morgan fingerprint density at radius 3 is 2.40 bits per heavy atom. The van der Waals surface area contributed by atoms with Gasteiger partial charge in [-0.15, -0.1) is 12.3 Å². The molecule has 4 heteroatoms. The average Bonchev–Trinajstić information content (AvgIpc) is 2.36. The molecule has 0 aliphatic rings. The van der Waals surface area contributed by atoms with Crippen molar-refractivity contribution < 1.29 is 9.59 Å². The van der Waals surface area contributed by atoms with Crippen molar-refractivity contribution in [3.05, 3.63) is 34.9 Å². The molecule has 1 aromatic rings. The fourth-order valence-electron chi connectivity index (χ4n) is 2.04. The largest absolute Gasteiger partial charge is 0.368 e. The Kier molecular flexibility index (Phi) is 5.79. The van der Waals surface area contributed by atoms with Crippen molar-refractivity contribution in [1.29, 1.82) is 0 Å². The summed E-state index contributed by atoms with van der Waals surface area (Å²) in [5, 5.41) is 2.66. The van der Waals surface area contributed by atoms with Crippen LogP contribution in [0.3, 0.4) is 0 Å². The second kappa shape index (κ2) is 7.34. The number of rotatable bonds is 6. The number of amides is 2. The lowest BCUT2D eigenvalue weighted by atomic mass is 10.1. The molecule has 4 nitrogen and oxygen atoms in total. The summed E-state index contributed by atoms with van der Waals surface area (Å²) in [4.78, 5) is 23.5. The van der Waals surface area contributed by atoms with Crippen LogP contribution in [0.1, 0.15) is 40.7 Å². The topological polar surface area (TPSA) is 72.2 Å². The molecule has 20 heavy (non-hydrogen) atoms. The molecule has 1 rings (SSSR count). The summed E-state index contributed by atoms with van der Waals surface area (Å²) < 4.78 is 0. The second-order valence-corrected chi connectivity index (χ2v) is 4.90. The molecule has 0 bridgehead atoms. The third-order valence-corrected chi connectivity index (χ3v) is 2.95. The number of hydrogen-bond donors (Lipinski definition) is 2. The van der Waals surface area contributed by atoms with Crippen LogP contribution in [0.2, 0.25) is 0 Å².